The van der Waals surface area contributed by atoms with Gasteiger partial charge in [0.2, 0.25) is 5.95 Å². The number of rotatable bonds is 6. The molecule has 1 saturated heterocycles. The first kappa shape index (κ1) is 17.2. The van der Waals surface area contributed by atoms with Crippen molar-refractivity contribution in [3.05, 3.63) is 48.8 Å². The number of hydrogen-bond acceptors (Lipinski definition) is 5. The van der Waals surface area contributed by atoms with Gasteiger partial charge in [0.15, 0.2) is 6.10 Å². The normalized spacial score (nSPS) is 16.3. The van der Waals surface area contributed by atoms with Gasteiger partial charge in [-0.3, -0.25) is 4.79 Å². The quantitative estimate of drug-likeness (QED) is 0.874. The molecule has 0 aliphatic carbocycles. The lowest BCUT2D eigenvalue weighted by Crippen LogP contribution is -2.42. The van der Waals surface area contributed by atoms with Crippen molar-refractivity contribution < 1.29 is 9.53 Å². The van der Waals surface area contributed by atoms with Crippen LogP contribution in [0.1, 0.15) is 19.8 Å². The number of carbonyl (C=O) groups is 1. The molecule has 2 heterocycles. The van der Waals surface area contributed by atoms with Gasteiger partial charge >= 0.3 is 0 Å². The molecule has 1 N–H and O–H groups in total. The van der Waals surface area contributed by atoms with Crippen molar-refractivity contribution in [3.63, 3.8) is 0 Å². The Morgan fingerprint density at radius 1 is 1.20 bits per heavy atom. The number of piperidine rings is 1. The van der Waals surface area contributed by atoms with E-state index in [0.29, 0.717) is 18.2 Å². The van der Waals surface area contributed by atoms with Crippen LogP contribution in [0.4, 0.5) is 5.95 Å². The van der Waals surface area contributed by atoms with E-state index >= 15 is 0 Å². The van der Waals surface area contributed by atoms with Gasteiger partial charge < -0.3 is 15.0 Å². The molecule has 0 saturated carbocycles. The van der Waals surface area contributed by atoms with E-state index in [-0.39, 0.29) is 5.91 Å². The lowest BCUT2D eigenvalue weighted by Gasteiger charge is -2.32. The third kappa shape index (κ3) is 4.92. The predicted molar refractivity (Wildman–Crippen MR) is 96.5 cm³/mol. The maximum absolute atomic E-state index is 12.2. The van der Waals surface area contributed by atoms with E-state index in [4.69, 9.17) is 4.74 Å². The second-order valence-electron chi connectivity index (χ2n) is 6.30. The Morgan fingerprint density at radius 2 is 1.88 bits per heavy atom. The van der Waals surface area contributed by atoms with Gasteiger partial charge in [0.25, 0.3) is 5.91 Å². The number of para-hydroxylation sites is 1. The van der Waals surface area contributed by atoms with E-state index in [2.05, 4.69) is 20.2 Å². The summed E-state index contributed by atoms with van der Waals surface area (Å²) < 4.78 is 5.65. The molecule has 132 valence electrons. The second kappa shape index (κ2) is 8.46. The molecule has 1 aliphatic heterocycles. The van der Waals surface area contributed by atoms with Gasteiger partial charge in [0, 0.05) is 32.0 Å². The standard InChI is InChI=1S/C19H24N4O2/c1-15(25-17-6-3-2-4-7-17)18(24)22-14-16-8-12-23(13-9-16)19-20-10-5-11-21-19/h2-7,10-11,15-16H,8-9,12-14H2,1H3,(H,22,24)/t15-/m0/s1. The Kier molecular flexibility index (Phi) is 5.82. The first-order chi connectivity index (χ1) is 12.2. The smallest absolute Gasteiger partial charge is 0.260 e. The van der Waals surface area contributed by atoms with Crippen molar-refractivity contribution in [2.75, 3.05) is 24.5 Å². The van der Waals surface area contributed by atoms with Gasteiger partial charge in [-0.15, -0.1) is 0 Å². The van der Waals surface area contributed by atoms with E-state index in [1.165, 1.54) is 0 Å². The zero-order chi connectivity index (χ0) is 17.5. The van der Waals surface area contributed by atoms with Crippen LogP contribution in [0.15, 0.2) is 48.8 Å². The molecule has 0 bridgehead atoms. The van der Waals surface area contributed by atoms with Gasteiger partial charge in [-0.25, -0.2) is 9.97 Å². The van der Waals surface area contributed by atoms with Crippen molar-refractivity contribution in [1.29, 1.82) is 0 Å². The molecule has 6 nitrogen and oxygen atoms in total. The highest BCUT2D eigenvalue weighted by atomic mass is 16.5. The Hall–Kier alpha value is -2.63. The largest absolute Gasteiger partial charge is 0.481 e. The number of benzene rings is 1. The SMILES string of the molecule is C[C@H](Oc1ccccc1)C(=O)NCC1CCN(c2ncccn2)CC1. The Balaban J connectivity index is 1.40. The fourth-order valence-electron chi connectivity index (χ4n) is 2.94. The molecule has 1 aromatic carbocycles. The van der Waals surface area contributed by atoms with Crippen LogP contribution in [0.3, 0.4) is 0 Å². The van der Waals surface area contributed by atoms with Crippen molar-refractivity contribution >= 4 is 11.9 Å². The zero-order valence-electron chi connectivity index (χ0n) is 14.5. The fraction of sp³-hybridized carbons (Fsp3) is 0.421. The number of aromatic nitrogens is 2. The number of carbonyl (C=O) groups excluding carboxylic acids is 1. The molecule has 0 spiro atoms. The predicted octanol–water partition coefficient (Wildman–Crippen LogP) is 2.28. The molecule has 0 radical (unpaired) electrons. The summed E-state index contributed by atoms with van der Waals surface area (Å²) in [5, 5.41) is 3.01. The van der Waals surface area contributed by atoms with Crippen LogP contribution in [0.5, 0.6) is 5.75 Å². The molecule has 0 unspecified atom stereocenters. The monoisotopic (exact) mass is 340 g/mol. The maximum atomic E-state index is 12.2. The first-order valence-electron chi connectivity index (χ1n) is 8.74. The van der Waals surface area contributed by atoms with E-state index in [0.717, 1.165) is 31.9 Å². The Morgan fingerprint density at radius 3 is 2.56 bits per heavy atom. The molecular weight excluding hydrogens is 316 g/mol. The summed E-state index contributed by atoms with van der Waals surface area (Å²) >= 11 is 0. The number of nitrogens with zero attached hydrogens (tertiary/aromatic N) is 3. The van der Waals surface area contributed by atoms with Gasteiger partial charge in [-0.2, -0.15) is 0 Å². The summed E-state index contributed by atoms with van der Waals surface area (Å²) in [5.74, 6) is 1.90. The lowest BCUT2D eigenvalue weighted by molar-refractivity contribution is -0.127. The summed E-state index contributed by atoms with van der Waals surface area (Å²) in [7, 11) is 0. The Bertz CT molecular complexity index is 658. The van der Waals surface area contributed by atoms with Crippen molar-refractivity contribution in [1.82, 2.24) is 15.3 Å². The van der Waals surface area contributed by atoms with Crippen molar-refractivity contribution in [2.24, 2.45) is 5.92 Å². The first-order valence-corrected chi connectivity index (χ1v) is 8.74. The average Bonchev–Trinajstić information content (AvgIpc) is 2.68. The van der Waals surface area contributed by atoms with Crippen LogP contribution in [-0.2, 0) is 4.79 Å². The third-order valence-corrected chi connectivity index (χ3v) is 4.44. The highest BCUT2D eigenvalue weighted by Crippen LogP contribution is 2.19. The molecule has 2 aromatic rings. The topological polar surface area (TPSA) is 67.3 Å². The Labute approximate surface area is 148 Å². The third-order valence-electron chi connectivity index (χ3n) is 4.44. The van der Waals surface area contributed by atoms with Gasteiger partial charge in [0.1, 0.15) is 5.75 Å². The maximum Gasteiger partial charge on any atom is 0.260 e. The molecule has 1 amide bonds. The summed E-state index contributed by atoms with van der Waals surface area (Å²) in [4.78, 5) is 23.0. The molecular formula is C19H24N4O2. The molecule has 1 atom stereocenters. The molecule has 1 fully saturated rings. The number of nitrogens with one attached hydrogen (secondary N) is 1. The summed E-state index contributed by atoms with van der Waals surface area (Å²) in [5.41, 5.74) is 0. The summed E-state index contributed by atoms with van der Waals surface area (Å²) in [6, 6.07) is 11.2. The molecule has 25 heavy (non-hydrogen) atoms. The summed E-state index contributed by atoms with van der Waals surface area (Å²) in [6.45, 7) is 4.30. The van der Waals surface area contributed by atoms with Crippen LogP contribution in [0.2, 0.25) is 0 Å². The molecule has 6 heteroatoms. The van der Waals surface area contributed by atoms with Crippen LogP contribution in [-0.4, -0.2) is 41.6 Å². The highest BCUT2D eigenvalue weighted by molar-refractivity contribution is 5.80. The highest BCUT2D eigenvalue weighted by Gasteiger charge is 2.22. The lowest BCUT2D eigenvalue weighted by atomic mass is 9.97. The van der Waals surface area contributed by atoms with Gasteiger partial charge in [0.05, 0.1) is 0 Å². The van der Waals surface area contributed by atoms with E-state index in [1.807, 2.05) is 36.4 Å². The van der Waals surface area contributed by atoms with E-state index < -0.39 is 6.10 Å². The minimum absolute atomic E-state index is 0.0716. The van der Waals surface area contributed by atoms with E-state index in [9.17, 15) is 4.79 Å². The van der Waals surface area contributed by atoms with Crippen molar-refractivity contribution in [3.8, 4) is 5.75 Å². The van der Waals surface area contributed by atoms with Crippen LogP contribution < -0.4 is 15.0 Å². The van der Waals surface area contributed by atoms with Crippen molar-refractivity contribution in [2.45, 2.75) is 25.9 Å². The fourth-order valence-corrected chi connectivity index (χ4v) is 2.94. The molecule has 1 aromatic heterocycles. The number of ether oxygens (including phenoxy) is 1. The molecule has 3 rings (SSSR count). The van der Waals surface area contributed by atoms with Gasteiger partial charge in [-0.1, -0.05) is 18.2 Å². The van der Waals surface area contributed by atoms with Crippen LogP contribution in [0.25, 0.3) is 0 Å². The number of amides is 1. The van der Waals surface area contributed by atoms with Crippen LogP contribution >= 0.6 is 0 Å². The summed E-state index contributed by atoms with van der Waals surface area (Å²) in [6.07, 6.45) is 5.07. The number of hydrogen-bond donors (Lipinski definition) is 1. The minimum atomic E-state index is -0.500. The van der Waals surface area contributed by atoms with Crippen LogP contribution in [0, 0.1) is 5.92 Å². The number of anilines is 1. The zero-order valence-corrected chi connectivity index (χ0v) is 14.5. The van der Waals surface area contributed by atoms with E-state index in [1.54, 1.807) is 19.3 Å². The minimum Gasteiger partial charge on any atom is -0.481 e. The second-order valence-corrected chi connectivity index (χ2v) is 6.30. The van der Waals surface area contributed by atoms with Gasteiger partial charge in [-0.05, 0) is 43.9 Å². The average molecular weight is 340 g/mol. The molecule has 1 aliphatic rings.